The molecule has 0 atom stereocenters. The maximum absolute atomic E-state index is 10.4. The van der Waals surface area contributed by atoms with E-state index in [4.69, 9.17) is 15.3 Å². The van der Waals surface area contributed by atoms with Crippen LogP contribution in [-0.2, 0) is 4.74 Å². The van der Waals surface area contributed by atoms with Crippen molar-refractivity contribution in [3.8, 4) is 0 Å². The monoisotopic (exact) mass is 242 g/mol. The Morgan fingerprint density at radius 1 is 1.18 bits per heavy atom. The zero-order chi connectivity index (χ0) is 13.1. The average molecular weight is 242 g/mol. The molecule has 1 aromatic carbocycles. The lowest BCUT2D eigenvalue weighted by atomic mass is 10.1. The summed E-state index contributed by atoms with van der Waals surface area (Å²) in [5.41, 5.74) is 1.18. The maximum Gasteiger partial charge on any atom is 0.335 e. The molecule has 0 amide bonds. The molecule has 1 rings (SSSR count). The van der Waals surface area contributed by atoms with E-state index in [0.29, 0.717) is 18.8 Å². The summed E-state index contributed by atoms with van der Waals surface area (Å²) in [6.45, 7) is 2.48. The molecular formula is C12H18O5. The Labute approximate surface area is 100 Å². The van der Waals surface area contributed by atoms with Crippen LogP contribution in [0.25, 0.3) is 0 Å². The first-order chi connectivity index (χ1) is 8.13. The van der Waals surface area contributed by atoms with Crippen molar-refractivity contribution in [2.45, 2.75) is 6.92 Å². The van der Waals surface area contributed by atoms with Gasteiger partial charge in [0.25, 0.3) is 0 Å². The summed E-state index contributed by atoms with van der Waals surface area (Å²) in [6, 6.07) is 6.92. The molecule has 0 radical (unpaired) electrons. The fourth-order valence-corrected chi connectivity index (χ4v) is 1.04. The van der Waals surface area contributed by atoms with Crippen LogP contribution in [0.4, 0.5) is 0 Å². The number of carboxylic acids is 1. The molecule has 0 aliphatic carbocycles. The van der Waals surface area contributed by atoms with Crippen molar-refractivity contribution in [2.24, 2.45) is 0 Å². The molecule has 0 heterocycles. The SMILES string of the molecule is Cc1ccccc1C(=O)O.OCCOCCO. The van der Waals surface area contributed by atoms with Gasteiger partial charge in [-0.2, -0.15) is 0 Å². The molecule has 96 valence electrons. The molecule has 3 N–H and O–H groups in total. The molecule has 0 saturated heterocycles. The second-order valence-corrected chi connectivity index (χ2v) is 3.18. The number of ether oxygens (including phenoxy) is 1. The molecule has 0 spiro atoms. The summed E-state index contributed by atoms with van der Waals surface area (Å²) < 4.78 is 4.63. The van der Waals surface area contributed by atoms with E-state index in [1.807, 2.05) is 6.07 Å². The van der Waals surface area contributed by atoms with Crippen LogP contribution in [0.5, 0.6) is 0 Å². The van der Waals surface area contributed by atoms with E-state index in [1.165, 1.54) is 0 Å². The summed E-state index contributed by atoms with van der Waals surface area (Å²) >= 11 is 0. The van der Waals surface area contributed by atoms with Gasteiger partial charge in [-0.3, -0.25) is 0 Å². The van der Waals surface area contributed by atoms with Crippen LogP contribution in [0.1, 0.15) is 15.9 Å². The van der Waals surface area contributed by atoms with Gasteiger partial charge >= 0.3 is 5.97 Å². The number of carboxylic acid groups (broad SMARTS) is 1. The predicted octanol–water partition coefficient (Wildman–Crippen LogP) is 0.681. The highest BCUT2D eigenvalue weighted by Crippen LogP contribution is 2.05. The van der Waals surface area contributed by atoms with Crippen molar-refractivity contribution in [1.82, 2.24) is 0 Å². The first-order valence-electron chi connectivity index (χ1n) is 5.21. The summed E-state index contributed by atoms with van der Waals surface area (Å²) in [6.07, 6.45) is 0. The van der Waals surface area contributed by atoms with Gasteiger partial charge in [-0.15, -0.1) is 0 Å². The predicted molar refractivity (Wildman–Crippen MR) is 63.1 cm³/mol. The third-order valence-corrected chi connectivity index (χ3v) is 1.85. The van der Waals surface area contributed by atoms with Gasteiger partial charge in [-0.25, -0.2) is 4.79 Å². The van der Waals surface area contributed by atoms with Crippen molar-refractivity contribution in [2.75, 3.05) is 26.4 Å². The fourth-order valence-electron chi connectivity index (χ4n) is 1.04. The Morgan fingerprint density at radius 2 is 1.71 bits per heavy atom. The third kappa shape index (κ3) is 7.46. The number of carbonyl (C=O) groups is 1. The molecule has 0 fully saturated rings. The number of hydrogen-bond acceptors (Lipinski definition) is 4. The number of hydrogen-bond donors (Lipinski definition) is 3. The average Bonchev–Trinajstić information content (AvgIpc) is 2.31. The first-order valence-corrected chi connectivity index (χ1v) is 5.21. The summed E-state index contributed by atoms with van der Waals surface area (Å²) in [5, 5.41) is 24.7. The van der Waals surface area contributed by atoms with Crippen LogP contribution in [0, 0.1) is 6.92 Å². The lowest BCUT2D eigenvalue weighted by Crippen LogP contribution is -2.03. The van der Waals surface area contributed by atoms with E-state index in [2.05, 4.69) is 4.74 Å². The number of aliphatic hydroxyl groups excluding tert-OH is 2. The van der Waals surface area contributed by atoms with Gasteiger partial charge in [-0.1, -0.05) is 18.2 Å². The Balaban J connectivity index is 0.000000325. The summed E-state index contributed by atoms with van der Waals surface area (Å²) in [7, 11) is 0. The zero-order valence-electron chi connectivity index (χ0n) is 9.80. The second-order valence-electron chi connectivity index (χ2n) is 3.18. The number of aryl methyl sites for hydroxylation is 1. The van der Waals surface area contributed by atoms with E-state index in [0.717, 1.165) is 5.56 Å². The van der Waals surface area contributed by atoms with E-state index in [1.54, 1.807) is 25.1 Å². The Kier molecular flexibility index (Phi) is 8.95. The molecule has 5 heteroatoms. The standard InChI is InChI=1S/C8H8O2.C4H10O3/c1-6-4-2-3-5-7(6)8(9)10;5-1-3-7-4-2-6/h2-5H,1H3,(H,9,10);5-6H,1-4H2. The molecule has 0 aliphatic rings. The highest BCUT2D eigenvalue weighted by atomic mass is 16.5. The minimum atomic E-state index is -0.863. The number of aliphatic hydroxyl groups is 2. The van der Waals surface area contributed by atoms with Gasteiger partial charge in [-0.05, 0) is 18.6 Å². The van der Waals surface area contributed by atoms with Crippen molar-refractivity contribution in [1.29, 1.82) is 0 Å². The van der Waals surface area contributed by atoms with Crippen molar-refractivity contribution in [3.05, 3.63) is 35.4 Å². The molecule has 17 heavy (non-hydrogen) atoms. The van der Waals surface area contributed by atoms with Gasteiger partial charge in [0.2, 0.25) is 0 Å². The highest BCUT2D eigenvalue weighted by Gasteiger charge is 2.02. The molecule has 0 aromatic heterocycles. The van der Waals surface area contributed by atoms with E-state index < -0.39 is 5.97 Å². The quantitative estimate of drug-likeness (QED) is 0.661. The lowest BCUT2D eigenvalue weighted by Gasteiger charge is -1.96. The Morgan fingerprint density at radius 3 is 2.06 bits per heavy atom. The number of benzene rings is 1. The van der Waals surface area contributed by atoms with Crippen molar-refractivity contribution < 1.29 is 24.9 Å². The summed E-state index contributed by atoms with van der Waals surface area (Å²) in [5.74, 6) is -0.863. The van der Waals surface area contributed by atoms with Gasteiger partial charge in [0.1, 0.15) is 0 Å². The van der Waals surface area contributed by atoms with Crippen LogP contribution < -0.4 is 0 Å². The van der Waals surface area contributed by atoms with Crippen LogP contribution in [0.15, 0.2) is 24.3 Å². The molecule has 0 unspecified atom stereocenters. The molecule has 0 bridgehead atoms. The van der Waals surface area contributed by atoms with Crippen LogP contribution in [-0.4, -0.2) is 47.7 Å². The normalized spacial score (nSPS) is 9.35. The highest BCUT2D eigenvalue weighted by molar-refractivity contribution is 5.89. The first kappa shape index (κ1) is 15.6. The van der Waals surface area contributed by atoms with Crippen LogP contribution in [0.2, 0.25) is 0 Å². The topological polar surface area (TPSA) is 87.0 Å². The summed E-state index contributed by atoms with van der Waals surface area (Å²) in [4.78, 5) is 10.4. The number of rotatable bonds is 5. The van der Waals surface area contributed by atoms with Gasteiger partial charge < -0.3 is 20.1 Å². The molecule has 1 aromatic rings. The van der Waals surface area contributed by atoms with Crippen LogP contribution >= 0.6 is 0 Å². The van der Waals surface area contributed by atoms with Crippen molar-refractivity contribution >= 4 is 5.97 Å². The van der Waals surface area contributed by atoms with E-state index in [9.17, 15) is 4.79 Å². The third-order valence-electron chi connectivity index (χ3n) is 1.85. The van der Waals surface area contributed by atoms with E-state index >= 15 is 0 Å². The lowest BCUT2D eigenvalue weighted by molar-refractivity contribution is 0.0650. The van der Waals surface area contributed by atoms with Gasteiger partial charge in [0.15, 0.2) is 0 Å². The van der Waals surface area contributed by atoms with Crippen molar-refractivity contribution in [3.63, 3.8) is 0 Å². The molecule has 0 aliphatic heterocycles. The molecular weight excluding hydrogens is 224 g/mol. The Hall–Kier alpha value is -1.43. The maximum atomic E-state index is 10.4. The Bertz CT molecular complexity index is 320. The van der Waals surface area contributed by atoms with Gasteiger partial charge in [0, 0.05) is 0 Å². The van der Waals surface area contributed by atoms with E-state index in [-0.39, 0.29) is 13.2 Å². The number of aromatic carboxylic acids is 1. The molecule has 0 saturated carbocycles. The minimum absolute atomic E-state index is 0.0278. The second kappa shape index (κ2) is 9.77. The molecule has 5 nitrogen and oxygen atoms in total. The van der Waals surface area contributed by atoms with Gasteiger partial charge in [0.05, 0.1) is 32.0 Å². The van der Waals surface area contributed by atoms with Crippen LogP contribution in [0.3, 0.4) is 0 Å². The fraction of sp³-hybridized carbons (Fsp3) is 0.417. The zero-order valence-corrected chi connectivity index (χ0v) is 9.80. The minimum Gasteiger partial charge on any atom is -0.478 e. The smallest absolute Gasteiger partial charge is 0.335 e. The largest absolute Gasteiger partial charge is 0.478 e.